The van der Waals surface area contributed by atoms with Gasteiger partial charge in [0.2, 0.25) is 0 Å². The lowest BCUT2D eigenvalue weighted by Crippen LogP contribution is -2.53. The summed E-state index contributed by atoms with van der Waals surface area (Å²) in [6, 6.07) is -1.81. The molecule has 0 bridgehead atoms. The molecule has 5 N–H and O–H groups in total. The number of hydrogen-bond acceptors (Lipinski definition) is 5. The third kappa shape index (κ3) is 7.12. The molecule has 0 aliphatic rings. The molecule has 0 aliphatic carbocycles. The van der Waals surface area contributed by atoms with E-state index in [0.717, 1.165) is 9.80 Å². The van der Waals surface area contributed by atoms with E-state index in [4.69, 9.17) is 20.4 Å². The number of aliphatic hydroxyl groups excluding tert-OH is 1. The highest BCUT2D eigenvalue weighted by atomic mass is 16.4. The van der Waals surface area contributed by atoms with Crippen molar-refractivity contribution in [3.8, 4) is 0 Å². The number of carboxylic acid groups (broad SMARTS) is 4. The first-order chi connectivity index (χ1) is 11.5. The Kier molecular flexibility index (Phi) is 9.05. The molecule has 2 atom stereocenters. The first kappa shape index (κ1) is 22.2. The summed E-state index contributed by atoms with van der Waals surface area (Å²) in [6.45, 7) is 1.63. The minimum absolute atomic E-state index is 0.00871. The van der Waals surface area contributed by atoms with Crippen LogP contribution in [0.1, 0.15) is 20.3 Å². The van der Waals surface area contributed by atoms with E-state index in [0.29, 0.717) is 0 Å². The Bertz CT molecular complexity index is 485. The zero-order valence-corrected chi connectivity index (χ0v) is 13.9. The second kappa shape index (κ2) is 10.2. The van der Waals surface area contributed by atoms with Gasteiger partial charge in [-0.2, -0.15) is 0 Å². The first-order valence-corrected chi connectivity index (χ1v) is 7.36. The molecule has 0 fully saturated rings. The van der Waals surface area contributed by atoms with Crippen LogP contribution in [-0.4, -0.2) is 103 Å². The first-order valence-electron chi connectivity index (χ1n) is 7.36. The van der Waals surface area contributed by atoms with Crippen molar-refractivity contribution in [3.63, 3.8) is 0 Å². The monoisotopic (exact) mass is 365 g/mol. The van der Waals surface area contributed by atoms with Crippen LogP contribution >= 0.6 is 0 Å². The summed E-state index contributed by atoms with van der Waals surface area (Å²) in [7, 11) is 0. The smallest absolute Gasteiger partial charge is 0.416 e. The zero-order valence-electron chi connectivity index (χ0n) is 13.9. The molecule has 0 rings (SSSR count). The fraction of sp³-hybridized carbons (Fsp3) is 0.692. The van der Waals surface area contributed by atoms with Crippen molar-refractivity contribution >= 4 is 24.4 Å². The maximum Gasteiger partial charge on any atom is 0.416 e. The van der Waals surface area contributed by atoms with Crippen molar-refractivity contribution in [2.45, 2.75) is 32.4 Å². The Morgan fingerprint density at radius 1 is 0.760 bits per heavy atom. The Hall–Kier alpha value is -2.76. The maximum atomic E-state index is 11.4. The highest BCUT2D eigenvalue weighted by Crippen LogP contribution is 2.10. The largest absolute Gasteiger partial charge is 0.465 e. The van der Waals surface area contributed by atoms with E-state index in [2.05, 4.69) is 0 Å². The summed E-state index contributed by atoms with van der Waals surface area (Å²) in [5.41, 5.74) is 0. The van der Waals surface area contributed by atoms with Crippen LogP contribution in [0.4, 0.5) is 19.2 Å². The molecule has 12 nitrogen and oxygen atoms in total. The second-order valence-electron chi connectivity index (χ2n) is 5.36. The van der Waals surface area contributed by atoms with Gasteiger partial charge in [-0.05, 0) is 20.3 Å². The molecule has 144 valence electrons. The number of nitrogens with zero attached hydrogens (tertiary/aromatic N) is 3. The summed E-state index contributed by atoms with van der Waals surface area (Å²) >= 11 is 0. The van der Waals surface area contributed by atoms with E-state index in [9.17, 15) is 24.3 Å². The number of rotatable bonds is 9. The van der Waals surface area contributed by atoms with E-state index in [1.54, 1.807) is 0 Å². The van der Waals surface area contributed by atoms with Crippen LogP contribution in [0.3, 0.4) is 0 Å². The van der Waals surface area contributed by atoms with Gasteiger partial charge < -0.3 is 35.3 Å². The molecule has 0 spiro atoms. The van der Waals surface area contributed by atoms with Gasteiger partial charge in [-0.15, -0.1) is 0 Å². The van der Waals surface area contributed by atoms with Gasteiger partial charge in [0.05, 0.1) is 12.6 Å². The van der Waals surface area contributed by atoms with Crippen molar-refractivity contribution in [1.29, 1.82) is 0 Å². The lowest BCUT2D eigenvalue weighted by molar-refractivity contribution is 0.0758. The van der Waals surface area contributed by atoms with Crippen molar-refractivity contribution in [2.75, 3.05) is 26.2 Å². The molecule has 0 heterocycles. The van der Waals surface area contributed by atoms with Crippen LogP contribution in [0.5, 0.6) is 0 Å². The Balaban J connectivity index is 5.14. The fourth-order valence-corrected chi connectivity index (χ4v) is 2.18. The third-order valence-corrected chi connectivity index (χ3v) is 3.48. The molecular weight excluding hydrogens is 342 g/mol. The standard InChI is InChI=1S/C13H23N3O9/c1-8(14(10(18)19)4-3-5-17)6-15(11(20)21)9(2)7-16(12(22)23)13(24)25/h8-9,17H,3-7H2,1-2H3,(H,18,19)(H,20,21)(H,22,23)(H,24,25). The van der Waals surface area contributed by atoms with Gasteiger partial charge in [-0.3, -0.25) is 0 Å². The van der Waals surface area contributed by atoms with E-state index in [1.807, 2.05) is 0 Å². The van der Waals surface area contributed by atoms with Crippen LogP contribution < -0.4 is 0 Å². The molecule has 0 aromatic rings. The van der Waals surface area contributed by atoms with Gasteiger partial charge in [0, 0.05) is 25.7 Å². The Morgan fingerprint density at radius 3 is 1.56 bits per heavy atom. The minimum atomic E-state index is -1.74. The quantitative estimate of drug-likeness (QED) is 0.394. The summed E-state index contributed by atoms with van der Waals surface area (Å²) < 4.78 is 0. The number of aliphatic hydroxyl groups is 1. The number of amides is 4. The molecular formula is C13H23N3O9. The molecule has 4 amide bonds. The number of carbonyl (C=O) groups is 4. The molecule has 25 heavy (non-hydrogen) atoms. The predicted molar refractivity (Wildman–Crippen MR) is 82.8 cm³/mol. The van der Waals surface area contributed by atoms with Gasteiger partial charge in [-0.1, -0.05) is 0 Å². The molecule has 0 radical (unpaired) electrons. The summed E-state index contributed by atoms with van der Waals surface area (Å²) in [5, 5.41) is 44.9. The molecule has 0 aromatic heterocycles. The summed E-state index contributed by atoms with van der Waals surface area (Å²) in [6.07, 6.45) is -6.05. The lowest BCUT2D eigenvalue weighted by Gasteiger charge is -2.34. The molecule has 0 saturated carbocycles. The van der Waals surface area contributed by atoms with Crippen molar-refractivity contribution in [2.24, 2.45) is 0 Å². The predicted octanol–water partition coefficient (Wildman–Crippen LogP) is 0.764. The maximum absolute atomic E-state index is 11.4. The van der Waals surface area contributed by atoms with E-state index in [1.165, 1.54) is 13.8 Å². The molecule has 0 aromatic carbocycles. The lowest BCUT2D eigenvalue weighted by atomic mass is 10.2. The van der Waals surface area contributed by atoms with Crippen LogP contribution in [0, 0.1) is 0 Å². The number of imide groups is 1. The van der Waals surface area contributed by atoms with Gasteiger partial charge in [0.25, 0.3) is 0 Å². The molecule has 0 aliphatic heterocycles. The van der Waals surface area contributed by atoms with Gasteiger partial charge in [-0.25, -0.2) is 24.1 Å². The molecule has 12 heteroatoms. The fourth-order valence-electron chi connectivity index (χ4n) is 2.18. The molecule has 0 saturated heterocycles. The average molecular weight is 365 g/mol. The van der Waals surface area contributed by atoms with Crippen LogP contribution in [0.15, 0.2) is 0 Å². The SMILES string of the molecule is CC(CN(C(=O)O)C(C)CN(C(=O)O)C(=O)O)N(CCCO)C(=O)O. The van der Waals surface area contributed by atoms with Gasteiger partial charge in [0.15, 0.2) is 0 Å². The molecule has 2 unspecified atom stereocenters. The van der Waals surface area contributed by atoms with Crippen molar-refractivity contribution in [3.05, 3.63) is 0 Å². The number of hydrogen-bond donors (Lipinski definition) is 5. The van der Waals surface area contributed by atoms with Crippen LogP contribution in [-0.2, 0) is 0 Å². The van der Waals surface area contributed by atoms with Gasteiger partial charge in [0.1, 0.15) is 0 Å². The Morgan fingerprint density at radius 2 is 1.20 bits per heavy atom. The third-order valence-electron chi connectivity index (χ3n) is 3.48. The van der Waals surface area contributed by atoms with Crippen molar-refractivity contribution < 1.29 is 44.7 Å². The topological polar surface area (TPSA) is 179 Å². The van der Waals surface area contributed by atoms with Crippen LogP contribution in [0.2, 0.25) is 0 Å². The summed E-state index contributed by atoms with van der Waals surface area (Å²) in [5.74, 6) is 0. The average Bonchev–Trinajstić information content (AvgIpc) is 2.48. The minimum Gasteiger partial charge on any atom is -0.465 e. The van der Waals surface area contributed by atoms with Crippen LogP contribution in [0.25, 0.3) is 0 Å². The Labute approximate surface area is 143 Å². The zero-order chi connectivity index (χ0) is 19.7. The summed E-state index contributed by atoms with van der Waals surface area (Å²) in [4.78, 5) is 46.2. The van der Waals surface area contributed by atoms with E-state index < -0.39 is 43.0 Å². The van der Waals surface area contributed by atoms with Gasteiger partial charge >= 0.3 is 24.4 Å². The highest BCUT2D eigenvalue weighted by molar-refractivity contribution is 5.85. The second-order valence-corrected chi connectivity index (χ2v) is 5.36. The van der Waals surface area contributed by atoms with Crippen molar-refractivity contribution in [1.82, 2.24) is 14.7 Å². The van der Waals surface area contributed by atoms with E-state index in [-0.39, 0.29) is 31.0 Å². The van der Waals surface area contributed by atoms with E-state index >= 15 is 0 Å². The highest BCUT2D eigenvalue weighted by Gasteiger charge is 2.30. The normalized spacial score (nSPS) is 12.8.